The summed E-state index contributed by atoms with van der Waals surface area (Å²) >= 11 is 1.60. The molecule has 28 heavy (non-hydrogen) atoms. The lowest BCUT2D eigenvalue weighted by Gasteiger charge is -2.14. The summed E-state index contributed by atoms with van der Waals surface area (Å²) in [4.78, 5) is 14.7. The van der Waals surface area contributed by atoms with Crippen molar-refractivity contribution < 1.29 is 4.79 Å². The molecule has 0 aliphatic rings. The standard InChI is InChI=1S/C24H20N2OS/c1-18(19-10-4-2-5-11-19)26-24(27)21(17-25)16-20-12-8-9-15-23(20)28-22-13-6-3-7-14-22/h2-16,18H,1H3,(H,26,27)/b21-16+/t18-/m0/s1. The number of amides is 1. The van der Waals surface area contributed by atoms with Gasteiger partial charge in [0.2, 0.25) is 0 Å². The summed E-state index contributed by atoms with van der Waals surface area (Å²) in [5, 5.41) is 12.4. The zero-order valence-electron chi connectivity index (χ0n) is 15.5. The van der Waals surface area contributed by atoms with Crippen LogP contribution in [-0.4, -0.2) is 5.91 Å². The quantitative estimate of drug-likeness (QED) is 0.443. The van der Waals surface area contributed by atoms with Gasteiger partial charge in [-0.15, -0.1) is 0 Å². The molecule has 1 amide bonds. The van der Waals surface area contributed by atoms with E-state index in [1.807, 2.05) is 97.9 Å². The molecule has 3 rings (SSSR count). The molecule has 0 aliphatic heterocycles. The summed E-state index contributed by atoms with van der Waals surface area (Å²) in [5.74, 6) is -0.377. The van der Waals surface area contributed by atoms with Gasteiger partial charge in [-0.25, -0.2) is 0 Å². The Hall–Kier alpha value is -3.29. The SMILES string of the molecule is C[C@H](NC(=O)/C(C#N)=C/c1ccccc1Sc1ccccc1)c1ccccc1. The van der Waals surface area contributed by atoms with Crippen molar-refractivity contribution in [3.8, 4) is 6.07 Å². The minimum absolute atomic E-state index is 0.0869. The van der Waals surface area contributed by atoms with Crippen LogP contribution in [0.4, 0.5) is 0 Å². The van der Waals surface area contributed by atoms with E-state index in [1.54, 1.807) is 17.8 Å². The van der Waals surface area contributed by atoms with Crippen molar-refractivity contribution >= 4 is 23.7 Å². The van der Waals surface area contributed by atoms with Crippen molar-refractivity contribution in [2.75, 3.05) is 0 Å². The molecule has 0 fully saturated rings. The third-order valence-electron chi connectivity index (χ3n) is 4.20. The second-order valence-corrected chi connectivity index (χ2v) is 7.34. The van der Waals surface area contributed by atoms with Gasteiger partial charge in [-0.3, -0.25) is 4.79 Å². The van der Waals surface area contributed by atoms with Gasteiger partial charge in [0.1, 0.15) is 11.6 Å². The van der Waals surface area contributed by atoms with E-state index >= 15 is 0 Å². The Balaban J connectivity index is 1.81. The van der Waals surface area contributed by atoms with Gasteiger partial charge in [-0.05, 0) is 42.3 Å². The molecule has 3 aromatic carbocycles. The lowest BCUT2D eigenvalue weighted by atomic mass is 10.1. The average molecular weight is 385 g/mol. The molecule has 1 N–H and O–H groups in total. The van der Waals surface area contributed by atoms with E-state index in [2.05, 4.69) is 5.32 Å². The van der Waals surface area contributed by atoms with Gasteiger partial charge in [0.05, 0.1) is 6.04 Å². The minimum atomic E-state index is -0.377. The molecular formula is C24H20N2OS. The molecule has 1 atom stereocenters. The first-order valence-corrected chi connectivity index (χ1v) is 9.78. The smallest absolute Gasteiger partial charge is 0.262 e. The normalized spacial score (nSPS) is 12.1. The Morgan fingerprint density at radius 3 is 2.25 bits per heavy atom. The Kier molecular flexibility index (Phi) is 6.67. The summed E-state index contributed by atoms with van der Waals surface area (Å²) in [6.45, 7) is 1.90. The minimum Gasteiger partial charge on any atom is -0.345 e. The van der Waals surface area contributed by atoms with Crippen LogP contribution in [0.1, 0.15) is 24.1 Å². The molecule has 138 valence electrons. The first kappa shape index (κ1) is 19.5. The molecule has 3 nitrogen and oxygen atoms in total. The van der Waals surface area contributed by atoms with Crippen molar-refractivity contribution in [2.45, 2.75) is 22.8 Å². The van der Waals surface area contributed by atoms with Crippen molar-refractivity contribution in [1.29, 1.82) is 5.26 Å². The molecule has 4 heteroatoms. The molecule has 0 bridgehead atoms. The van der Waals surface area contributed by atoms with Crippen LogP contribution in [0.25, 0.3) is 6.08 Å². The van der Waals surface area contributed by atoms with Gasteiger partial charge < -0.3 is 5.32 Å². The number of benzene rings is 3. The second kappa shape index (κ2) is 9.59. The highest BCUT2D eigenvalue weighted by atomic mass is 32.2. The molecule has 0 saturated heterocycles. The second-order valence-electron chi connectivity index (χ2n) is 6.23. The first-order chi connectivity index (χ1) is 13.7. The summed E-state index contributed by atoms with van der Waals surface area (Å²) in [6.07, 6.45) is 1.65. The fraction of sp³-hybridized carbons (Fsp3) is 0.0833. The summed E-state index contributed by atoms with van der Waals surface area (Å²) in [5.41, 5.74) is 1.92. The maximum Gasteiger partial charge on any atom is 0.262 e. The third-order valence-corrected chi connectivity index (χ3v) is 5.30. The van der Waals surface area contributed by atoms with Crippen LogP contribution in [0, 0.1) is 11.3 Å². The van der Waals surface area contributed by atoms with E-state index < -0.39 is 0 Å². The first-order valence-electron chi connectivity index (χ1n) is 8.97. The lowest BCUT2D eigenvalue weighted by Crippen LogP contribution is -2.27. The Morgan fingerprint density at radius 2 is 1.57 bits per heavy atom. The molecule has 0 aromatic heterocycles. The fourth-order valence-corrected chi connectivity index (χ4v) is 3.65. The average Bonchev–Trinajstić information content (AvgIpc) is 2.74. The largest absolute Gasteiger partial charge is 0.345 e. The Bertz CT molecular complexity index is 1010. The van der Waals surface area contributed by atoms with Crippen molar-refractivity contribution in [3.05, 3.63) is 102 Å². The number of hydrogen-bond donors (Lipinski definition) is 1. The highest BCUT2D eigenvalue weighted by Crippen LogP contribution is 2.31. The molecule has 0 spiro atoms. The van der Waals surface area contributed by atoms with E-state index in [1.165, 1.54) is 0 Å². The van der Waals surface area contributed by atoms with Crippen LogP contribution in [0.15, 0.2) is 100 Å². The van der Waals surface area contributed by atoms with E-state index in [9.17, 15) is 10.1 Å². The van der Waals surface area contributed by atoms with Crippen LogP contribution in [0.2, 0.25) is 0 Å². The molecular weight excluding hydrogens is 364 g/mol. The van der Waals surface area contributed by atoms with Crippen molar-refractivity contribution in [1.82, 2.24) is 5.32 Å². The molecule has 0 heterocycles. The van der Waals surface area contributed by atoms with Gasteiger partial charge in [-0.1, -0.05) is 78.5 Å². The van der Waals surface area contributed by atoms with Gasteiger partial charge in [0, 0.05) is 9.79 Å². The number of nitrogens with one attached hydrogen (secondary N) is 1. The Morgan fingerprint density at radius 1 is 0.964 bits per heavy atom. The number of carbonyl (C=O) groups is 1. The zero-order chi connectivity index (χ0) is 19.8. The lowest BCUT2D eigenvalue weighted by molar-refractivity contribution is -0.117. The Labute approximate surface area is 169 Å². The van der Waals surface area contributed by atoms with E-state index in [0.717, 1.165) is 20.9 Å². The predicted octanol–water partition coefficient (Wildman–Crippen LogP) is 5.62. The van der Waals surface area contributed by atoms with Crippen LogP contribution >= 0.6 is 11.8 Å². The van der Waals surface area contributed by atoms with Crippen LogP contribution < -0.4 is 5.32 Å². The highest BCUT2D eigenvalue weighted by molar-refractivity contribution is 7.99. The third kappa shape index (κ3) is 5.12. The molecule has 0 saturated carbocycles. The van der Waals surface area contributed by atoms with Crippen molar-refractivity contribution in [2.24, 2.45) is 0 Å². The van der Waals surface area contributed by atoms with Gasteiger partial charge in [0.15, 0.2) is 0 Å². The zero-order valence-corrected chi connectivity index (χ0v) is 16.3. The molecule has 0 unspecified atom stereocenters. The molecule has 3 aromatic rings. The van der Waals surface area contributed by atoms with Crippen LogP contribution in [0.3, 0.4) is 0 Å². The predicted molar refractivity (Wildman–Crippen MR) is 114 cm³/mol. The summed E-state index contributed by atoms with van der Waals surface area (Å²) in [6, 6.07) is 29.3. The number of rotatable bonds is 6. The maximum atomic E-state index is 12.6. The van der Waals surface area contributed by atoms with Crippen molar-refractivity contribution in [3.63, 3.8) is 0 Å². The molecule has 0 radical (unpaired) electrons. The topological polar surface area (TPSA) is 52.9 Å². The van der Waals surface area contributed by atoms with E-state index in [4.69, 9.17) is 0 Å². The number of carbonyl (C=O) groups excluding carboxylic acids is 1. The van der Waals surface area contributed by atoms with E-state index in [0.29, 0.717) is 0 Å². The fourth-order valence-electron chi connectivity index (χ4n) is 2.71. The highest BCUT2D eigenvalue weighted by Gasteiger charge is 2.14. The molecule has 0 aliphatic carbocycles. The van der Waals surface area contributed by atoms with E-state index in [-0.39, 0.29) is 17.5 Å². The summed E-state index contributed by atoms with van der Waals surface area (Å²) in [7, 11) is 0. The number of hydrogen-bond acceptors (Lipinski definition) is 3. The monoisotopic (exact) mass is 384 g/mol. The van der Waals surface area contributed by atoms with Gasteiger partial charge >= 0.3 is 0 Å². The van der Waals surface area contributed by atoms with Gasteiger partial charge in [-0.2, -0.15) is 5.26 Å². The van der Waals surface area contributed by atoms with Crippen LogP contribution in [0.5, 0.6) is 0 Å². The maximum absolute atomic E-state index is 12.6. The number of nitriles is 1. The number of nitrogens with zero attached hydrogens (tertiary/aromatic N) is 1. The summed E-state index contributed by atoms with van der Waals surface area (Å²) < 4.78 is 0. The van der Waals surface area contributed by atoms with Gasteiger partial charge in [0.25, 0.3) is 5.91 Å². The van der Waals surface area contributed by atoms with Crippen LogP contribution in [-0.2, 0) is 4.79 Å².